The van der Waals surface area contributed by atoms with E-state index in [0.717, 1.165) is 22.0 Å². The Morgan fingerprint density at radius 1 is 0.967 bits per heavy atom. The first-order valence-electron chi connectivity index (χ1n) is 9.12. The molecule has 1 heterocycles. The van der Waals surface area contributed by atoms with E-state index in [1.807, 2.05) is 42.6 Å². The summed E-state index contributed by atoms with van der Waals surface area (Å²) in [5.41, 5.74) is 5.91. The maximum Gasteiger partial charge on any atom is 0.271 e. The Balaban J connectivity index is 1.58. The monoisotopic (exact) mass is 455 g/mol. The van der Waals surface area contributed by atoms with E-state index in [9.17, 15) is 4.79 Å². The van der Waals surface area contributed by atoms with Gasteiger partial charge in [0.25, 0.3) is 5.91 Å². The molecule has 3 aromatic carbocycles. The fraction of sp³-hybridized carbons (Fsp3) is 0.0435. The zero-order chi connectivity index (χ0) is 21.1. The molecule has 1 aromatic heterocycles. The van der Waals surface area contributed by atoms with E-state index in [0.29, 0.717) is 27.2 Å². The first-order valence-corrected chi connectivity index (χ1v) is 10.3. The van der Waals surface area contributed by atoms with Crippen LogP contribution in [-0.4, -0.2) is 16.7 Å². The minimum Gasteiger partial charge on any atom is -0.342 e. The highest BCUT2D eigenvalue weighted by Gasteiger charge is 2.10. The zero-order valence-corrected chi connectivity index (χ0v) is 17.9. The molecule has 0 aliphatic carbocycles. The summed E-state index contributed by atoms with van der Waals surface area (Å²) >= 11 is 18.2. The van der Waals surface area contributed by atoms with Crippen molar-refractivity contribution >= 4 is 57.8 Å². The van der Waals surface area contributed by atoms with Crippen molar-refractivity contribution in [2.45, 2.75) is 6.54 Å². The summed E-state index contributed by atoms with van der Waals surface area (Å²) < 4.78 is 2.09. The summed E-state index contributed by atoms with van der Waals surface area (Å²) in [5.74, 6) is -0.306. The predicted octanol–water partition coefficient (Wildman–Crippen LogP) is 6.41. The average molecular weight is 457 g/mol. The zero-order valence-electron chi connectivity index (χ0n) is 15.6. The van der Waals surface area contributed by atoms with E-state index < -0.39 is 0 Å². The summed E-state index contributed by atoms with van der Waals surface area (Å²) in [6.07, 6.45) is 3.61. The largest absolute Gasteiger partial charge is 0.342 e. The third kappa shape index (κ3) is 4.51. The Bertz CT molecular complexity index is 1250. The fourth-order valence-electron chi connectivity index (χ4n) is 3.17. The topological polar surface area (TPSA) is 46.4 Å². The number of carbonyl (C=O) groups is 1. The van der Waals surface area contributed by atoms with Crippen LogP contribution in [0.2, 0.25) is 15.1 Å². The van der Waals surface area contributed by atoms with Gasteiger partial charge in [-0.05, 0) is 48.0 Å². The molecule has 0 atom stereocenters. The van der Waals surface area contributed by atoms with Gasteiger partial charge < -0.3 is 4.57 Å². The summed E-state index contributed by atoms with van der Waals surface area (Å²) in [6, 6.07) is 20.1. The van der Waals surface area contributed by atoms with Gasteiger partial charge in [-0.2, -0.15) is 5.10 Å². The molecule has 0 bridgehead atoms. The van der Waals surface area contributed by atoms with Crippen LogP contribution in [0, 0.1) is 0 Å². The molecule has 30 heavy (non-hydrogen) atoms. The summed E-state index contributed by atoms with van der Waals surface area (Å²) in [7, 11) is 0. The SMILES string of the molecule is O=C(N/N=C/c1cn(Cc2ccc(Cl)cc2Cl)c2ccccc12)c1ccc(Cl)cc1. The first-order chi connectivity index (χ1) is 14.5. The lowest BCUT2D eigenvalue weighted by Gasteiger charge is -2.08. The molecular formula is C23H16Cl3N3O. The minimum atomic E-state index is -0.306. The number of nitrogens with zero attached hydrogens (tertiary/aromatic N) is 2. The molecular weight excluding hydrogens is 441 g/mol. The second kappa shape index (κ2) is 8.92. The number of nitrogens with one attached hydrogen (secondary N) is 1. The maximum atomic E-state index is 12.2. The molecule has 1 N–H and O–H groups in total. The number of hydrogen-bond donors (Lipinski definition) is 1. The van der Waals surface area contributed by atoms with E-state index in [4.69, 9.17) is 34.8 Å². The van der Waals surface area contributed by atoms with Crippen molar-refractivity contribution in [3.05, 3.63) is 105 Å². The van der Waals surface area contributed by atoms with Crippen molar-refractivity contribution in [2.24, 2.45) is 5.10 Å². The molecule has 150 valence electrons. The number of aromatic nitrogens is 1. The van der Waals surface area contributed by atoms with Crippen LogP contribution in [0.25, 0.3) is 10.9 Å². The summed E-state index contributed by atoms with van der Waals surface area (Å²) in [5, 5.41) is 6.94. The highest BCUT2D eigenvalue weighted by molar-refractivity contribution is 6.35. The van der Waals surface area contributed by atoms with Crippen LogP contribution in [0.3, 0.4) is 0 Å². The molecule has 4 nitrogen and oxygen atoms in total. The number of hydrogen-bond acceptors (Lipinski definition) is 2. The van der Waals surface area contributed by atoms with Crippen LogP contribution in [-0.2, 0) is 6.54 Å². The van der Waals surface area contributed by atoms with Crippen LogP contribution < -0.4 is 5.43 Å². The summed E-state index contributed by atoms with van der Waals surface area (Å²) in [4.78, 5) is 12.2. The van der Waals surface area contributed by atoms with Gasteiger partial charge in [0.1, 0.15) is 0 Å². The lowest BCUT2D eigenvalue weighted by atomic mass is 10.2. The molecule has 0 aliphatic rings. The molecule has 0 aliphatic heterocycles. The highest BCUT2D eigenvalue weighted by atomic mass is 35.5. The lowest BCUT2D eigenvalue weighted by Crippen LogP contribution is -2.17. The molecule has 0 saturated heterocycles. The Morgan fingerprint density at radius 2 is 1.70 bits per heavy atom. The average Bonchev–Trinajstić information content (AvgIpc) is 3.08. The Kier molecular flexibility index (Phi) is 6.09. The van der Waals surface area contributed by atoms with E-state index in [1.54, 1.807) is 36.5 Å². The quantitative estimate of drug-likeness (QED) is 0.273. The second-order valence-electron chi connectivity index (χ2n) is 6.67. The Morgan fingerprint density at radius 3 is 2.47 bits per heavy atom. The van der Waals surface area contributed by atoms with Crippen molar-refractivity contribution in [1.82, 2.24) is 9.99 Å². The number of carbonyl (C=O) groups excluding carboxylic acids is 1. The minimum absolute atomic E-state index is 0.306. The number of rotatable bonds is 5. The molecule has 0 fully saturated rings. The molecule has 4 aromatic rings. The number of halogens is 3. The van der Waals surface area contributed by atoms with Crippen molar-refractivity contribution in [1.29, 1.82) is 0 Å². The van der Waals surface area contributed by atoms with Gasteiger partial charge in [0.15, 0.2) is 0 Å². The van der Waals surface area contributed by atoms with Gasteiger partial charge in [-0.25, -0.2) is 5.43 Å². The molecule has 4 rings (SSSR count). The maximum absolute atomic E-state index is 12.2. The highest BCUT2D eigenvalue weighted by Crippen LogP contribution is 2.25. The van der Waals surface area contributed by atoms with Gasteiger partial charge in [0.2, 0.25) is 0 Å². The summed E-state index contributed by atoms with van der Waals surface area (Å²) in [6.45, 7) is 0.585. The number of fused-ring (bicyclic) bond motifs is 1. The van der Waals surface area contributed by atoms with E-state index in [2.05, 4.69) is 15.1 Å². The van der Waals surface area contributed by atoms with Crippen LogP contribution in [0.1, 0.15) is 21.5 Å². The number of benzene rings is 3. The van der Waals surface area contributed by atoms with Crippen molar-refractivity contribution in [3.8, 4) is 0 Å². The Hall–Kier alpha value is -2.79. The first kappa shape index (κ1) is 20.5. The van der Waals surface area contributed by atoms with Crippen molar-refractivity contribution in [3.63, 3.8) is 0 Å². The van der Waals surface area contributed by atoms with Gasteiger partial charge >= 0.3 is 0 Å². The molecule has 1 amide bonds. The normalized spacial score (nSPS) is 11.3. The third-order valence-corrected chi connectivity index (χ3v) is 5.49. The van der Waals surface area contributed by atoms with Crippen LogP contribution in [0.15, 0.2) is 78.0 Å². The smallest absolute Gasteiger partial charge is 0.271 e. The van der Waals surface area contributed by atoms with Crippen LogP contribution >= 0.6 is 34.8 Å². The Labute approximate surface area is 188 Å². The van der Waals surface area contributed by atoms with E-state index >= 15 is 0 Å². The van der Waals surface area contributed by atoms with Crippen LogP contribution in [0.5, 0.6) is 0 Å². The second-order valence-corrected chi connectivity index (χ2v) is 7.95. The molecule has 0 radical (unpaired) electrons. The van der Waals surface area contributed by atoms with Gasteiger partial charge in [-0.1, -0.05) is 59.1 Å². The molecule has 7 heteroatoms. The van der Waals surface area contributed by atoms with Crippen LogP contribution in [0.4, 0.5) is 0 Å². The third-order valence-electron chi connectivity index (χ3n) is 4.65. The van der Waals surface area contributed by atoms with Gasteiger partial charge in [-0.15, -0.1) is 0 Å². The van der Waals surface area contributed by atoms with Crippen molar-refractivity contribution < 1.29 is 4.79 Å². The van der Waals surface area contributed by atoms with Crippen molar-refractivity contribution in [2.75, 3.05) is 0 Å². The molecule has 0 spiro atoms. The van der Waals surface area contributed by atoms with Gasteiger partial charge in [0.05, 0.1) is 6.21 Å². The lowest BCUT2D eigenvalue weighted by molar-refractivity contribution is 0.0955. The number of hydrazone groups is 1. The van der Waals surface area contributed by atoms with Gasteiger partial charge in [0, 0.05) is 49.8 Å². The predicted molar refractivity (Wildman–Crippen MR) is 124 cm³/mol. The molecule has 0 saturated carbocycles. The number of para-hydroxylation sites is 1. The van der Waals surface area contributed by atoms with E-state index in [1.165, 1.54) is 0 Å². The van der Waals surface area contributed by atoms with Gasteiger partial charge in [-0.3, -0.25) is 4.79 Å². The fourth-order valence-corrected chi connectivity index (χ4v) is 3.76. The number of amides is 1. The van der Waals surface area contributed by atoms with E-state index in [-0.39, 0.29) is 5.91 Å². The standard InChI is InChI=1S/C23H16Cl3N3O/c24-18-8-5-15(6-9-18)23(30)28-27-12-17-14-29(22-4-2-1-3-20(17)22)13-16-7-10-19(25)11-21(16)26/h1-12,14H,13H2,(H,28,30)/b27-12+. The molecule has 0 unspecified atom stereocenters.